The molecule has 0 atom stereocenters. The molecule has 0 amide bonds. The summed E-state index contributed by atoms with van der Waals surface area (Å²) in [4.78, 5) is 23.0. The number of nitroso groups, excluding NO2 is 1. The van der Waals surface area contributed by atoms with Crippen LogP contribution in [0.2, 0.25) is 0 Å². The first-order valence-electron chi connectivity index (χ1n) is 7.20. The van der Waals surface area contributed by atoms with Gasteiger partial charge in [0.15, 0.2) is 0 Å². The van der Waals surface area contributed by atoms with Gasteiger partial charge >= 0.3 is 5.97 Å². The van der Waals surface area contributed by atoms with Crippen molar-refractivity contribution in [2.45, 2.75) is 19.4 Å². The fraction of sp³-hybridized carbons (Fsp3) is 0.167. The van der Waals surface area contributed by atoms with Crippen molar-refractivity contribution in [1.82, 2.24) is 0 Å². The van der Waals surface area contributed by atoms with Crippen molar-refractivity contribution in [3.8, 4) is 0 Å². The molecule has 1 aliphatic heterocycles. The first-order chi connectivity index (χ1) is 10.9. The van der Waals surface area contributed by atoms with Gasteiger partial charge in [-0.05, 0) is 54.4 Å². The molecule has 0 fully saturated rings. The molecule has 23 heavy (non-hydrogen) atoms. The van der Waals surface area contributed by atoms with Crippen LogP contribution in [0.4, 0.5) is 11.4 Å². The molecule has 0 aromatic heterocycles. The van der Waals surface area contributed by atoms with Crippen LogP contribution in [0.15, 0.2) is 53.7 Å². The molecule has 0 saturated carbocycles. The van der Waals surface area contributed by atoms with Gasteiger partial charge in [0, 0.05) is 11.3 Å². The number of rotatable bonds is 3. The molecule has 0 saturated heterocycles. The third kappa shape index (κ3) is 2.61. The zero-order valence-electron chi connectivity index (χ0n) is 12.9. The highest BCUT2D eigenvalue weighted by atomic mass is 16.6. The van der Waals surface area contributed by atoms with Gasteiger partial charge in [-0.3, -0.25) is 0 Å². The van der Waals surface area contributed by atoms with E-state index >= 15 is 0 Å². The highest BCUT2D eigenvalue weighted by Crippen LogP contribution is 2.44. The van der Waals surface area contributed by atoms with Gasteiger partial charge in [0.1, 0.15) is 11.3 Å². The van der Waals surface area contributed by atoms with Crippen molar-refractivity contribution in [2.75, 3.05) is 5.73 Å². The van der Waals surface area contributed by atoms with Crippen molar-refractivity contribution in [3.63, 3.8) is 0 Å². The molecule has 3 rings (SSSR count). The standard InChI is InChI=1S/C18H16N2O3/c1-18(2)16(12-5-9-14(20-22)10-6-12)15(17(21)23-18)11-3-7-13(19)8-4-11/h3-10H,19H2,1-2H3. The lowest BCUT2D eigenvalue weighted by molar-refractivity contribution is -0.141. The summed E-state index contributed by atoms with van der Waals surface area (Å²) in [6, 6.07) is 13.9. The number of benzene rings is 2. The Morgan fingerprint density at radius 2 is 1.52 bits per heavy atom. The Labute approximate surface area is 133 Å². The SMILES string of the molecule is CC1(C)OC(=O)C(c2ccc(N)cc2)=C1c1ccc(N=O)cc1. The van der Waals surface area contributed by atoms with Crippen LogP contribution in [0.3, 0.4) is 0 Å². The molecule has 116 valence electrons. The maximum absolute atomic E-state index is 12.4. The van der Waals surface area contributed by atoms with E-state index in [9.17, 15) is 9.70 Å². The number of cyclic esters (lactones) is 1. The summed E-state index contributed by atoms with van der Waals surface area (Å²) in [5.41, 5.74) is 8.80. The molecular formula is C18H16N2O3. The number of hydrogen-bond donors (Lipinski definition) is 1. The average molecular weight is 308 g/mol. The molecule has 0 spiro atoms. The summed E-state index contributed by atoms with van der Waals surface area (Å²) in [6.07, 6.45) is 0. The predicted octanol–water partition coefficient (Wildman–Crippen LogP) is 3.91. The Bertz CT molecular complexity index is 803. The van der Waals surface area contributed by atoms with E-state index in [1.165, 1.54) is 0 Å². The lowest BCUT2D eigenvalue weighted by Crippen LogP contribution is -2.22. The first kappa shape index (κ1) is 15.0. The number of nitrogens with two attached hydrogens (primary N) is 1. The average Bonchev–Trinajstić information content (AvgIpc) is 2.77. The molecule has 1 heterocycles. The Hall–Kier alpha value is -2.95. The minimum Gasteiger partial charge on any atom is -0.451 e. The van der Waals surface area contributed by atoms with Crippen LogP contribution < -0.4 is 5.73 Å². The number of ether oxygens (including phenoxy) is 1. The van der Waals surface area contributed by atoms with Gasteiger partial charge in [-0.15, -0.1) is 4.91 Å². The van der Waals surface area contributed by atoms with Gasteiger partial charge in [-0.1, -0.05) is 24.3 Å². The van der Waals surface area contributed by atoms with Crippen LogP contribution in [0.1, 0.15) is 25.0 Å². The lowest BCUT2D eigenvalue weighted by atomic mass is 9.87. The van der Waals surface area contributed by atoms with Gasteiger partial charge in [0.25, 0.3) is 0 Å². The van der Waals surface area contributed by atoms with Crippen molar-refractivity contribution in [1.29, 1.82) is 0 Å². The summed E-state index contributed by atoms with van der Waals surface area (Å²) in [5, 5.41) is 2.90. The minimum absolute atomic E-state index is 0.339. The van der Waals surface area contributed by atoms with Crippen LogP contribution >= 0.6 is 0 Å². The number of nitrogen functional groups attached to an aromatic ring is 1. The van der Waals surface area contributed by atoms with E-state index in [-0.39, 0.29) is 5.97 Å². The third-order valence-electron chi connectivity index (χ3n) is 3.86. The maximum Gasteiger partial charge on any atom is 0.340 e. The van der Waals surface area contributed by atoms with Crippen LogP contribution in [0, 0.1) is 4.91 Å². The van der Waals surface area contributed by atoms with Crippen molar-refractivity contribution in [2.24, 2.45) is 5.18 Å². The van der Waals surface area contributed by atoms with E-state index in [0.717, 1.165) is 16.7 Å². The Kier molecular flexibility index (Phi) is 3.48. The summed E-state index contributed by atoms with van der Waals surface area (Å²) < 4.78 is 5.54. The lowest BCUT2D eigenvalue weighted by Gasteiger charge is -2.21. The monoisotopic (exact) mass is 308 g/mol. The molecule has 0 bridgehead atoms. The molecule has 2 N–H and O–H groups in total. The third-order valence-corrected chi connectivity index (χ3v) is 3.86. The smallest absolute Gasteiger partial charge is 0.340 e. The van der Waals surface area contributed by atoms with Crippen LogP contribution in [0.25, 0.3) is 11.1 Å². The zero-order chi connectivity index (χ0) is 16.6. The second kappa shape index (κ2) is 5.35. The molecule has 0 radical (unpaired) electrons. The van der Waals surface area contributed by atoms with Gasteiger partial charge in [0.05, 0.1) is 5.57 Å². The molecular weight excluding hydrogens is 292 g/mol. The van der Waals surface area contributed by atoms with Crippen LogP contribution in [-0.2, 0) is 9.53 Å². The van der Waals surface area contributed by atoms with Gasteiger partial charge in [0.2, 0.25) is 0 Å². The molecule has 5 nitrogen and oxygen atoms in total. The van der Waals surface area contributed by atoms with Crippen molar-refractivity contribution in [3.05, 3.63) is 64.6 Å². The molecule has 2 aromatic carbocycles. The molecule has 1 aliphatic rings. The fourth-order valence-electron chi connectivity index (χ4n) is 2.83. The molecule has 5 heteroatoms. The van der Waals surface area contributed by atoms with E-state index in [4.69, 9.17) is 10.5 Å². The molecule has 2 aromatic rings. The number of carbonyl (C=O) groups is 1. The number of carbonyl (C=O) groups excluding carboxylic acids is 1. The number of esters is 1. The summed E-state index contributed by atoms with van der Waals surface area (Å²) in [6.45, 7) is 3.69. The summed E-state index contributed by atoms with van der Waals surface area (Å²) in [7, 11) is 0. The second-order valence-electron chi connectivity index (χ2n) is 5.91. The highest BCUT2D eigenvalue weighted by molar-refractivity contribution is 6.28. The number of anilines is 1. The zero-order valence-corrected chi connectivity index (χ0v) is 12.9. The predicted molar refractivity (Wildman–Crippen MR) is 89.7 cm³/mol. The number of nitrogens with zero attached hydrogens (tertiary/aromatic N) is 1. The van der Waals surface area contributed by atoms with Gasteiger partial charge in [-0.2, -0.15) is 0 Å². The minimum atomic E-state index is -0.760. The number of hydrogen-bond acceptors (Lipinski definition) is 5. The van der Waals surface area contributed by atoms with Crippen LogP contribution in [-0.4, -0.2) is 11.6 Å². The largest absolute Gasteiger partial charge is 0.451 e. The van der Waals surface area contributed by atoms with Gasteiger partial charge < -0.3 is 10.5 Å². The quantitative estimate of drug-likeness (QED) is 0.529. The highest BCUT2D eigenvalue weighted by Gasteiger charge is 2.41. The van der Waals surface area contributed by atoms with Crippen molar-refractivity contribution < 1.29 is 9.53 Å². The van der Waals surface area contributed by atoms with E-state index in [2.05, 4.69) is 5.18 Å². The normalized spacial score (nSPS) is 16.3. The van der Waals surface area contributed by atoms with Crippen LogP contribution in [0.5, 0.6) is 0 Å². The molecule has 0 unspecified atom stereocenters. The van der Waals surface area contributed by atoms with Crippen molar-refractivity contribution >= 4 is 28.5 Å². The molecule has 0 aliphatic carbocycles. The van der Waals surface area contributed by atoms with E-state index in [1.54, 1.807) is 48.5 Å². The fourth-order valence-corrected chi connectivity index (χ4v) is 2.83. The summed E-state index contributed by atoms with van der Waals surface area (Å²) in [5.74, 6) is -0.368. The second-order valence-corrected chi connectivity index (χ2v) is 5.91. The maximum atomic E-state index is 12.4. The van der Waals surface area contributed by atoms with Gasteiger partial charge in [-0.25, -0.2) is 4.79 Å². The Balaban J connectivity index is 2.21. The van der Waals surface area contributed by atoms with E-state index in [1.807, 2.05) is 13.8 Å². The summed E-state index contributed by atoms with van der Waals surface area (Å²) >= 11 is 0. The first-order valence-corrected chi connectivity index (χ1v) is 7.20. The van der Waals surface area contributed by atoms with E-state index in [0.29, 0.717) is 16.9 Å². The van der Waals surface area contributed by atoms with E-state index < -0.39 is 5.60 Å². The Morgan fingerprint density at radius 1 is 0.957 bits per heavy atom. The Morgan fingerprint density at radius 3 is 2.09 bits per heavy atom. The topological polar surface area (TPSA) is 81.8 Å².